The highest BCUT2D eigenvalue weighted by atomic mass is 16.5. The van der Waals surface area contributed by atoms with Crippen molar-refractivity contribution in [2.24, 2.45) is 0 Å². The normalized spacial score (nSPS) is 19.7. The predicted octanol–water partition coefficient (Wildman–Crippen LogP) is 2.74. The van der Waals surface area contributed by atoms with Gasteiger partial charge < -0.3 is 14.8 Å². The highest BCUT2D eigenvalue weighted by Gasteiger charge is 2.11. The lowest BCUT2D eigenvalue weighted by molar-refractivity contribution is 0.108. The van der Waals surface area contributed by atoms with Crippen LogP contribution in [0.2, 0.25) is 0 Å². The highest BCUT2D eigenvalue weighted by Crippen LogP contribution is 2.13. The van der Waals surface area contributed by atoms with Gasteiger partial charge in [-0.15, -0.1) is 0 Å². The van der Waals surface area contributed by atoms with Gasteiger partial charge in [0.1, 0.15) is 5.75 Å². The van der Waals surface area contributed by atoms with E-state index in [1.807, 2.05) is 12.1 Å². The summed E-state index contributed by atoms with van der Waals surface area (Å²) in [5, 5.41) is 3.54. The standard InChI is InChI=1S/C15H23NO2/c1-17-15-7-5-13(6-8-15)12-18-11-9-14-4-2-3-10-16-14/h5-8,14,16H,2-4,9-12H2,1H3. The minimum Gasteiger partial charge on any atom is -0.497 e. The molecule has 1 aliphatic rings. The third kappa shape index (κ3) is 4.31. The molecule has 1 unspecified atom stereocenters. The van der Waals surface area contributed by atoms with Crippen LogP contribution in [0.4, 0.5) is 0 Å². The van der Waals surface area contributed by atoms with Crippen molar-refractivity contribution in [2.45, 2.75) is 38.3 Å². The molecule has 100 valence electrons. The van der Waals surface area contributed by atoms with Crippen molar-refractivity contribution >= 4 is 0 Å². The SMILES string of the molecule is COc1ccc(COCCC2CCCCN2)cc1. The first-order valence-electron chi connectivity index (χ1n) is 6.82. The van der Waals surface area contributed by atoms with Crippen molar-refractivity contribution in [2.75, 3.05) is 20.3 Å². The Labute approximate surface area is 109 Å². The van der Waals surface area contributed by atoms with Gasteiger partial charge in [0.2, 0.25) is 0 Å². The monoisotopic (exact) mass is 249 g/mol. The Hall–Kier alpha value is -1.06. The number of benzene rings is 1. The predicted molar refractivity (Wildman–Crippen MR) is 72.9 cm³/mol. The first-order chi connectivity index (χ1) is 8.88. The lowest BCUT2D eigenvalue weighted by Gasteiger charge is -2.23. The van der Waals surface area contributed by atoms with Crippen molar-refractivity contribution in [1.29, 1.82) is 0 Å². The van der Waals surface area contributed by atoms with Crippen molar-refractivity contribution < 1.29 is 9.47 Å². The molecule has 3 nitrogen and oxygen atoms in total. The summed E-state index contributed by atoms with van der Waals surface area (Å²) >= 11 is 0. The molecule has 2 rings (SSSR count). The summed E-state index contributed by atoms with van der Waals surface area (Å²) in [6.07, 6.45) is 5.10. The zero-order valence-electron chi connectivity index (χ0n) is 11.2. The molecule has 0 saturated carbocycles. The molecule has 1 aromatic carbocycles. The summed E-state index contributed by atoms with van der Waals surface area (Å²) in [5.74, 6) is 0.894. The van der Waals surface area contributed by atoms with Crippen LogP contribution < -0.4 is 10.1 Å². The lowest BCUT2D eigenvalue weighted by Crippen LogP contribution is -2.34. The van der Waals surface area contributed by atoms with Crippen molar-refractivity contribution in [3.63, 3.8) is 0 Å². The van der Waals surface area contributed by atoms with E-state index in [0.29, 0.717) is 12.6 Å². The minimum atomic E-state index is 0.662. The molecule has 3 heteroatoms. The van der Waals surface area contributed by atoms with E-state index in [9.17, 15) is 0 Å². The number of hydrogen-bond donors (Lipinski definition) is 1. The van der Waals surface area contributed by atoms with E-state index in [0.717, 1.165) is 18.8 Å². The number of hydrogen-bond acceptors (Lipinski definition) is 3. The van der Waals surface area contributed by atoms with Crippen LogP contribution in [0.5, 0.6) is 5.75 Å². The highest BCUT2D eigenvalue weighted by molar-refractivity contribution is 5.26. The van der Waals surface area contributed by atoms with E-state index in [-0.39, 0.29) is 0 Å². The Kier molecular flexibility index (Phi) is 5.49. The zero-order chi connectivity index (χ0) is 12.6. The summed E-state index contributed by atoms with van der Waals surface area (Å²) < 4.78 is 10.8. The molecule has 1 saturated heterocycles. The Morgan fingerprint density at radius 1 is 1.22 bits per heavy atom. The van der Waals surface area contributed by atoms with Crippen molar-refractivity contribution in [3.8, 4) is 5.75 Å². The van der Waals surface area contributed by atoms with E-state index in [2.05, 4.69) is 17.4 Å². The van der Waals surface area contributed by atoms with Crippen LogP contribution in [0, 0.1) is 0 Å². The van der Waals surface area contributed by atoms with Crippen molar-refractivity contribution in [3.05, 3.63) is 29.8 Å². The van der Waals surface area contributed by atoms with Gasteiger partial charge >= 0.3 is 0 Å². The van der Waals surface area contributed by atoms with Gasteiger partial charge in [0, 0.05) is 12.6 Å². The second-order valence-electron chi connectivity index (χ2n) is 4.84. The summed E-state index contributed by atoms with van der Waals surface area (Å²) in [5.41, 5.74) is 1.20. The largest absolute Gasteiger partial charge is 0.497 e. The molecule has 18 heavy (non-hydrogen) atoms. The molecule has 0 aliphatic carbocycles. The molecule has 1 fully saturated rings. The van der Waals surface area contributed by atoms with Gasteiger partial charge in [-0.3, -0.25) is 0 Å². The van der Waals surface area contributed by atoms with Crippen LogP contribution in [-0.4, -0.2) is 26.3 Å². The van der Waals surface area contributed by atoms with E-state index >= 15 is 0 Å². The summed E-state index contributed by atoms with van der Waals surface area (Å²) in [4.78, 5) is 0. The summed E-state index contributed by atoms with van der Waals surface area (Å²) in [6, 6.07) is 8.72. The third-order valence-corrected chi connectivity index (χ3v) is 3.45. The minimum absolute atomic E-state index is 0.662. The smallest absolute Gasteiger partial charge is 0.118 e. The number of ether oxygens (including phenoxy) is 2. The topological polar surface area (TPSA) is 30.5 Å². The van der Waals surface area contributed by atoms with Gasteiger partial charge in [0.15, 0.2) is 0 Å². The number of piperidine rings is 1. The molecule has 0 amide bonds. The molecule has 0 aromatic heterocycles. The average Bonchev–Trinajstić information content (AvgIpc) is 2.45. The molecule has 0 radical (unpaired) electrons. The Morgan fingerprint density at radius 3 is 2.72 bits per heavy atom. The van der Waals surface area contributed by atoms with E-state index < -0.39 is 0 Å². The van der Waals surface area contributed by atoms with Crippen LogP contribution in [-0.2, 0) is 11.3 Å². The maximum atomic E-state index is 5.72. The Morgan fingerprint density at radius 2 is 2.06 bits per heavy atom. The quantitative estimate of drug-likeness (QED) is 0.786. The zero-order valence-corrected chi connectivity index (χ0v) is 11.2. The molecule has 0 spiro atoms. The van der Waals surface area contributed by atoms with Gasteiger partial charge in [0.05, 0.1) is 13.7 Å². The second-order valence-corrected chi connectivity index (χ2v) is 4.84. The maximum Gasteiger partial charge on any atom is 0.118 e. The van der Waals surface area contributed by atoms with Gasteiger partial charge in [-0.05, 0) is 43.5 Å². The molecule has 0 bridgehead atoms. The molecule has 1 aromatic rings. The second kappa shape index (κ2) is 7.39. The molecule has 1 atom stereocenters. The fourth-order valence-electron chi connectivity index (χ4n) is 2.31. The molecular formula is C15H23NO2. The van der Waals surface area contributed by atoms with Crippen LogP contribution in [0.15, 0.2) is 24.3 Å². The van der Waals surface area contributed by atoms with Gasteiger partial charge in [-0.25, -0.2) is 0 Å². The van der Waals surface area contributed by atoms with Crippen LogP contribution >= 0.6 is 0 Å². The maximum absolute atomic E-state index is 5.72. The van der Waals surface area contributed by atoms with Crippen molar-refractivity contribution in [1.82, 2.24) is 5.32 Å². The van der Waals surface area contributed by atoms with Crippen LogP contribution in [0.3, 0.4) is 0 Å². The van der Waals surface area contributed by atoms with Gasteiger partial charge in [-0.1, -0.05) is 18.6 Å². The molecular weight excluding hydrogens is 226 g/mol. The Bertz CT molecular complexity index is 331. The fraction of sp³-hybridized carbons (Fsp3) is 0.600. The first kappa shape index (κ1) is 13.4. The number of rotatable bonds is 6. The van der Waals surface area contributed by atoms with Gasteiger partial charge in [0.25, 0.3) is 0 Å². The van der Waals surface area contributed by atoms with E-state index in [1.54, 1.807) is 7.11 Å². The molecule has 1 N–H and O–H groups in total. The average molecular weight is 249 g/mol. The third-order valence-electron chi connectivity index (χ3n) is 3.45. The van der Waals surface area contributed by atoms with Crippen LogP contribution in [0.1, 0.15) is 31.2 Å². The summed E-state index contributed by atoms with van der Waals surface area (Å²) in [6.45, 7) is 2.70. The molecule has 1 heterocycles. The Balaban J connectivity index is 1.62. The first-order valence-corrected chi connectivity index (χ1v) is 6.82. The fourth-order valence-corrected chi connectivity index (χ4v) is 2.31. The van der Waals surface area contributed by atoms with Crippen LogP contribution in [0.25, 0.3) is 0 Å². The summed E-state index contributed by atoms with van der Waals surface area (Å²) in [7, 11) is 1.68. The van der Waals surface area contributed by atoms with E-state index in [4.69, 9.17) is 9.47 Å². The van der Waals surface area contributed by atoms with Gasteiger partial charge in [-0.2, -0.15) is 0 Å². The lowest BCUT2D eigenvalue weighted by atomic mass is 10.0. The number of methoxy groups -OCH3 is 1. The van der Waals surface area contributed by atoms with E-state index in [1.165, 1.54) is 31.4 Å². The molecule has 1 aliphatic heterocycles. The number of nitrogens with one attached hydrogen (secondary N) is 1.